The minimum atomic E-state index is 0.179. The summed E-state index contributed by atoms with van der Waals surface area (Å²) in [6.45, 7) is 5.61. The van der Waals surface area contributed by atoms with E-state index in [1.165, 1.54) is 25.7 Å². The van der Waals surface area contributed by atoms with Gasteiger partial charge in [-0.2, -0.15) is 0 Å². The van der Waals surface area contributed by atoms with E-state index in [2.05, 4.69) is 17.1 Å². The van der Waals surface area contributed by atoms with Crippen molar-refractivity contribution in [2.45, 2.75) is 51.5 Å². The van der Waals surface area contributed by atoms with Gasteiger partial charge in [-0.05, 0) is 31.1 Å². The molecule has 4 heteroatoms. The molecule has 4 nitrogen and oxygen atoms in total. The first-order valence-electron chi connectivity index (χ1n) is 7.32. The summed E-state index contributed by atoms with van der Waals surface area (Å²) in [5.74, 6) is 0.179. The van der Waals surface area contributed by atoms with Crippen molar-refractivity contribution in [2.75, 3.05) is 26.2 Å². The van der Waals surface area contributed by atoms with Crippen molar-refractivity contribution in [3.05, 3.63) is 0 Å². The quantitative estimate of drug-likeness (QED) is 0.789. The lowest BCUT2D eigenvalue weighted by Crippen LogP contribution is -2.45. The number of amides is 1. The Balaban J connectivity index is 1.66. The highest BCUT2D eigenvalue weighted by Gasteiger charge is 2.29. The van der Waals surface area contributed by atoms with E-state index in [-0.39, 0.29) is 5.91 Å². The SMILES string of the molecule is CC1(CNC(=O)CN2CCC(N)CC2)CCCC1. The molecule has 0 aromatic carbocycles. The molecule has 18 heavy (non-hydrogen) atoms. The highest BCUT2D eigenvalue weighted by molar-refractivity contribution is 5.78. The topological polar surface area (TPSA) is 58.4 Å². The lowest BCUT2D eigenvalue weighted by Gasteiger charge is -2.30. The van der Waals surface area contributed by atoms with Crippen molar-refractivity contribution in [2.24, 2.45) is 11.1 Å². The molecular weight excluding hydrogens is 226 g/mol. The molecular formula is C14H27N3O. The fraction of sp³-hybridized carbons (Fsp3) is 0.929. The first kappa shape index (κ1) is 13.8. The summed E-state index contributed by atoms with van der Waals surface area (Å²) in [5, 5.41) is 3.11. The summed E-state index contributed by atoms with van der Waals surface area (Å²) in [7, 11) is 0. The van der Waals surface area contributed by atoms with Crippen LogP contribution < -0.4 is 11.1 Å². The molecule has 1 amide bonds. The van der Waals surface area contributed by atoms with Gasteiger partial charge in [-0.1, -0.05) is 19.8 Å². The summed E-state index contributed by atoms with van der Waals surface area (Å²) in [4.78, 5) is 14.1. The lowest BCUT2D eigenvalue weighted by molar-refractivity contribution is -0.123. The van der Waals surface area contributed by atoms with E-state index >= 15 is 0 Å². The fourth-order valence-electron chi connectivity index (χ4n) is 3.09. The third-order valence-corrected chi connectivity index (χ3v) is 4.52. The number of carbonyl (C=O) groups excluding carboxylic acids is 1. The fourth-order valence-corrected chi connectivity index (χ4v) is 3.09. The average molecular weight is 253 g/mol. The van der Waals surface area contributed by atoms with Gasteiger partial charge in [0.25, 0.3) is 0 Å². The Labute approximate surface area is 110 Å². The first-order chi connectivity index (χ1) is 8.57. The van der Waals surface area contributed by atoms with E-state index in [0.29, 0.717) is 18.0 Å². The van der Waals surface area contributed by atoms with E-state index in [4.69, 9.17) is 5.73 Å². The number of piperidine rings is 1. The number of hydrogen-bond acceptors (Lipinski definition) is 3. The van der Waals surface area contributed by atoms with E-state index < -0.39 is 0 Å². The summed E-state index contributed by atoms with van der Waals surface area (Å²) < 4.78 is 0. The Kier molecular flexibility index (Phi) is 4.62. The van der Waals surface area contributed by atoms with Gasteiger partial charge in [0, 0.05) is 25.7 Å². The van der Waals surface area contributed by atoms with Gasteiger partial charge in [0.1, 0.15) is 0 Å². The first-order valence-corrected chi connectivity index (χ1v) is 7.32. The normalized spacial score (nSPS) is 25.2. The van der Waals surface area contributed by atoms with Crippen LogP contribution in [0.4, 0.5) is 0 Å². The van der Waals surface area contributed by atoms with Crippen LogP contribution in [0.1, 0.15) is 45.4 Å². The third kappa shape index (κ3) is 3.95. The maximum Gasteiger partial charge on any atom is 0.234 e. The average Bonchev–Trinajstić information content (AvgIpc) is 2.78. The third-order valence-electron chi connectivity index (χ3n) is 4.52. The summed E-state index contributed by atoms with van der Waals surface area (Å²) in [6.07, 6.45) is 7.18. The maximum absolute atomic E-state index is 11.9. The van der Waals surface area contributed by atoms with Crippen LogP contribution in [0.5, 0.6) is 0 Å². The number of rotatable bonds is 4. The Hall–Kier alpha value is -0.610. The minimum absolute atomic E-state index is 0.179. The monoisotopic (exact) mass is 253 g/mol. The van der Waals surface area contributed by atoms with Gasteiger partial charge in [0.05, 0.1) is 6.54 Å². The van der Waals surface area contributed by atoms with Crippen LogP contribution in [0.3, 0.4) is 0 Å². The molecule has 3 N–H and O–H groups in total. The number of likely N-dealkylation sites (tertiary alicyclic amines) is 1. The zero-order chi connectivity index (χ0) is 13.0. The molecule has 0 unspecified atom stereocenters. The van der Waals surface area contributed by atoms with Crippen LogP contribution in [0.25, 0.3) is 0 Å². The molecule has 1 heterocycles. The highest BCUT2D eigenvalue weighted by atomic mass is 16.2. The molecule has 2 rings (SSSR count). The van der Waals surface area contributed by atoms with Gasteiger partial charge >= 0.3 is 0 Å². The van der Waals surface area contributed by atoms with E-state index in [1.54, 1.807) is 0 Å². The molecule has 0 spiro atoms. The summed E-state index contributed by atoms with van der Waals surface area (Å²) >= 11 is 0. The van der Waals surface area contributed by atoms with Crippen molar-refractivity contribution >= 4 is 5.91 Å². The Bertz CT molecular complexity index is 279. The Morgan fingerprint density at radius 3 is 2.56 bits per heavy atom. The molecule has 1 saturated carbocycles. The van der Waals surface area contributed by atoms with Crippen molar-refractivity contribution < 1.29 is 4.79 Å². The molecule has 0 aromatic heterocycles. The molecule has 1 saturated heterocycles. The standard InChI is InChI=1S/C14H27N3O/c1-14(6-2-3-7-14)11-16-13(18)10-17-8-4-12(15)5-9-17/h12H,2-11,15H2,1H3,(H,16,18). The molecule has 0 radical (unpaired) electrons. The summed E-state index contributed by atoms with van der Waals surface area (Å²) in [5.41, 5.74) is 6.21. The van der Waals surface area contributed by atoms with E-state index in [1.807, 2.05) is 0 Å². The second-order valence-electron chi connectivity index (χ2n) is 6.41. The molecule has 1 aliphatic carbocycles. The van der Waals surface area contributed by atoms with Crippen molar-refractivity contribution in [1.82, 2.24) is 10.2 Å². The molecule has 2 fully saturated rings. The smallest absolute Gasteiger partial charge is 0.234 e. The van der Waals surface area contributed by atoms with E-state index in [9.17, 15) is 4.79 Å². The van der Waals surface area contributed by atoms with Gasteiger partial charge in [-0.3, -0.25) is 9.69 Å². The number of hydrogen-bond donors (Lipinski definition) is 2. The van der Waals surface area contributed by atoms with Crippen molar-refractivity contribution in [1.29, 1.82) is 0 Å². The number of nitrogens with zero attached hydrogens (tertiary/aromatic N) is 1. The molecule has 1 aliphatic heterocycles. The predicted molar refractivity (Wildman–Crippen MR) is 73.2 cm³/mol. The highest BCUT2D eigenvalue weighted by Crippen LogP contribution is 2.36. The molecule has 0 atom stereocenters. The number of nitrogens with two attached hydrogens (primary N) is 1. The van der Waals surface area contributed by atoms with Crippen LogP contribution >= 0.6 is 0 Å². The zero-order valence-corrected chi connectivity index (χ0v) is 11.6. The Morgan fingerprint density at radius 1 is 1.33 bits per heavy atom. The molecule has 0 bridgehead atoms. The van der Waals surface area contributed by atoms with Crippen LogP contribution in [-0.2, 0) is 4.79 Å². The Morgan fingerprint density at radius 2 is 1.94 bits per heavy atom. The number of nitrogens with one attached hydrogen (secondary N) is 1. The molecule has 104 valence electrons. The van der Waals surface area contributed by atoms with Crippen molar-refractivity contribution in [3.8, 4) is 0 Å². The lowest BCUT2D eigenvalue weighted by atomic mass is 9.89. The van der Waals surface area contributed by atoms with E-state index in [0.717, 1.165) is 32.5 Å². The van der Waals surface area contributed by atoms with Crippen LogP contribution in [0.15, 0.2) is 0 Å². The zero-order valence-electron chi connectivity index (χ0n) is 11.6. The predicted octanol–water partition coefficient (Wildman–Crippen LogP) is 1.11. The van der Waals surface area contributed by atoms with Gasteiger partial charge in [0.2, 0.25) is 5.91 Å². The maximum atomic E-state index is 11.9. The second-order valence-corrected chi connectivity index (χ2v) is 6.41. The summed E-state index contributed by atoms with van der Waals surface area (Å²) in [6, 6.07) is 0.335. The van der Waals surface area contributed by atoms with Crippen LogP contribution in [0.2, 0.25) is 0 Å². The molecule has 2 aliphatic rings. The molecule has 0 aromatic rings. The van der Waals surface area contributed by atoms with Crippen LogP contribution in [0, 0.1) is 5.41 Å². The largest absolute Gasteiger partial charge is 0.354 e. The van der Waals surface area contributed by atoms with Gasteiger partial charge in [0.15, 0.2) is 0 Å². The van der Waals surface area contributed by atoms with Gasteiger partial charge < -0.3 is 11.1 Å². The van der Waals surface area contributed by atoms with Crippen LogP contribution in [-0.4, -0.2) is 43.0 Å². The van der Waals surface area contributed by atoms with Gasteiger partial charge in [-0.15, -0.1) is 0 Å². The van der Waals surface area contributed by atoms with Gasteiger partial charge in [-0.25, -0.2) is 0 Å². The van der Waals surface area contributed by atoms with Crippen molar-refractivity contribution in [3.63, 3.8) is 0 Å². The number of carbonyl (C=O) groups is 1. The second kappa shape index (κ2) is 6.02. The minimum Gasteiger partial charge on any atom is -0.354 e.